The first kappa shape index (κ1) is 9.55. The molecule has 1 aromatic rings. The molecule has 2 aliphatic rings. The zero-order valence-corrected chi connectivity index (χ0v) is 10.00. The number of nitrogens with one attached hydrogen (secondary N) is 1. The van der Waals surface area contributed by atoms with Crippen LogP contribution in [0, 0.1) is 11.8 Å². The number of allylic oxidation sites excluding steroid dienone is 1. The van der Waals surface area contributed by atoms with E-state index in [1.165, 1.54) is 24.1 Å². The van der Waals surface area contributed by atoms with Crippen molar-refractivity contribution in [1.82, 2.24) is 10.3 Å². The second-order valence-corrected chi connectivity index (χ2v) is 5.29. The third-order valence-corrected chi connectivity index (χ3v) is 3.80. The van der Waals surface area contributed by atoms with E-state index in [0.29, 0.717) is 0 Å². The molecular weight excluding hydrogens is 252 g/mol. The highest BCUT2D eigenvalue weighted by Gasteiger charge is 2.31. The zero-order chi connectivity index (χ0) is 10.3. The maximum atomic E-state index is 4.22. The largest absolute Gasteiger partial charge is 0.316 e. The SMILES string of the molecule is Brc1cncc(C2=C[C@@H]3CNC[C@@H]3C2)c1. The van der Waals surface area contributed by atoms with E-state index < -0.39 is 0 Å². The lowest BCUT2D eigenvalue weighted by Crippen LogP contribution is -2.09. The number of pyridine rings is 1. The fourth-order valence-corrected chi connectivity index (χ4v) is 2.95. The molecule has 1 fully saturated rings. The lowest BCUT2D eigenvalue weighted by Gasteiger charge is -2.06. The van der Waals surface area contributed by atoms with Crippen LogP contribution in [0.3, 0.4) is 0 Å². The first-order chi connectivity index (χ1) is 7.33. The average molecular weight is 265 g/mol. The summed E-state index contributed by atoms with van der Waals surface area (Å²) >= 11 is 3.47. The summed E-state index contributed by atoms with van der Waals surface area (Å²) in [5.74, 6) is 1.57. The molecule has 0 amide bonds. The molecule has 3 heteroatoms. The van der Waals surface area contributed by atoms with Gasteiger partial charge in [-0.25, -0.2) is 0 Å². The van der Waals surface area contributed by atoms with E-state index >= 15 is 0 Å². The molecule has 1 N–H and O–H groups in total. The second-order valence-electron chi connectivity index (χ2n) is 4.37. The van der Waals surface area contributed by atoms with Gasteiger partial charge in [0.05, 0.1) is 0 Å². The van der Waals surface area contributed by atoms with Gasteiger partial charge < -0.3 is 5.32 Å². The number of hydrogen-bond donors (Lipinski definition) is 1. The Balaban J connectivity index is 1.90. The van der Waals surface area contributed by atoms with Crippen molar-refractivity contribution in [2.24, 2.45) is 11.8 Å². The van der Waals surface area contributed by atoms with Crippen molar-refractivity contribution in [3.8, 4) is 0 Å². The van der Waals surface area contributed by atoms with Gasteiger partial charge in [-0.2, -0.15) is 0 Å². The van der Waals surface area contributed by atoms with E-state index in [2.05, 4.69) is 38.4 Å². The van der Waals surface area contributed by atoms with E-state index in [0.717, 1.165) is 22.9 Å². The minimum Gasteiger partial charge on any atom is -0.316 e. The monoisotopic (exact) mass is 264 g/mol. The molecule has 78 valence electrons. The van der Waals surface area contributed by atoms with E-state index in [1.807, 2.05) is 12.4 Å². The highest BCUT2D eigenvalue weighted by Crippen LogP contribution is 2.38. The fraction of sp³-hybridized carbons (Fsp3) is 0.417. The highest BCUT2D eigenvalue weighted by atomic mass is 79.9. The van der Waals surface area contributed by atoms with Crippen molar-refractivity contribution in [2.45, 2.75) is 6.42 Å². The molecule has 2 heterocycles. The molecule has 15 heavy (non-hydrogen) atoms. The summed E-state index contributed by atoms with van der Waals surface area (Å²) in [4.78, 5) is 4.22. The number of nitrogens with zero attached hydrogens (tertiary/aromatic N) is 1. The van der Waals surface area contributed by atoms with Crippen LogP contribution in [0.1, 0.15) is 12.0 Å². The molecule has 2 atom stereocenters. The first-order valence-corrected chi connectivity index (χ1v) is 6.14. The molecule has 0 bridgehead atoms. The smallest absolute Gasteiger partial charge is 0.0410 e. The van der Waals surface area contributed by atoms with Crippen LogP contribution in [0.25, 0.3) is 5.57 Å². The van der Waals surface area contributed by atoms with Crippen LogP contribution in [-0.4, -0.2) is 18.1 Å². The molecule has 2 nitrogen and oxygen atoms in total. The van der Waals surface area contributed by atoms with Gasteiger partial charge >= 0.3 is 0 Å². The van der Waals surface area contributed by atoms with Crippen LogP contribution >= 0.6 is 15.9 Å². The molecule has 0 saturated carbocycles. The molecule has 3 rings (SSSR count). The van der Waals surface area contributed by atoms with Gasteiger partial charge in [0.25, 0.3) is 0 Å². The van der Waals surface area contributed by atoms with Crippen LogP contribution in [-0.2, 0) is 0 Å². The van der Waals surface area contributed by atoms with Crippen LogP contribution in [0.4, 0.5) is 0 Å². The van der Waals surface area contributed by atoms with E-state index in [1.54, 1.807) is 0 Å². The van der Waals surface area contributed by atoms with Crippen LogP contribution in [0.5, 0.6) is 0 Å². The maximum Gasteiger partial charge on any atom is 0.0410 e. The molecule has 1 aliphatic carbocycles. The first-order valence-electron chi connectivity index (χ1n) is 5.35. The standard InChI is InChI=1S/C12H13BrN2/c13-12-3-11(6-15-7-12)8-1-9-4-14-5-10(9)2-8/h1,3,6-7,9-10,14H,2,4-5H2/t9-,10+/m1/s1. The number of aromatic nitrogens is 1. The highest BCUT2D eigenvalue weighted by molar-refractivity contribution is 9.10. The van der Waals surface area contributed by atoms with Gasteiger partial charge in [-0.15, -0.1) is 0 Å². The van der Waals surface area contributed by atoms with Crippen molar-refractivity contribution < 1.29 is 0 Å². The Kier molecular flexibility index (Phi) is 2.37. The molecule has 0 radical (unpaired) electrons. The predicted octanol–water partition coefficient (Wildman–Crippen LogP) is 2.47. The molecule has 1 saturated heterocycles. The lowest BCUT2D eigenvalue weighted by molar-refractivity contribution is 0.536. The topological polar surface area (TPSA) is 24.9 Å². The van der Waals surface area contributed by atoms with Gasteiger partial charge in [0, 0.05) is 23.4 Å². The number of hydrogen-bond acceptors (Lipinski definition) is 2. The quantitative estimate of drug-likeness (QED) is 0.843. The lowest BCUT2D eigenvalue weighted by atomic mass is 9.99. The summed E-state index contributed by atoms with van der Waals surface area (Å²) < 4.78 is 1.07. The molecular formula is C12H13BrN2. The number of halogens is 1. The zero-order valence-electron chi connectivity index (χ0n) is 8.41. The van der Waals surface area contributed by atoms with Crippen molar-refractivity contribution >= 4 is 21.5 Å². The predicted molar refractivity (Wildman–Crippen MR) is 64.4 cm³/mol. The van der Waals surface area contributed by atoms with Crippen LogP contribution < -0.4 is 5.32 Å². The summed E-state index contributed by atoms with van der Waals surface area (Å²) in [7, 11) is 0. The van der Waals surface area contributed by atoms with Gasteiger partial charge in [0.15, 0.2) is 0 Å². The molecule has 1 aliphatic heterocycles. The maximum absolute atomic E-state index is 4.22. The summed E-state index contributed by atoms with van der Waals surface area (Å²) in [5.41, 5.74) is 2.75. The Morgan fingerprint density at radius 2 is 2.27 bits per heavy atom. The Morgan fingerprint density at radius 1 is 1.33 bits per heavy atom. The van der Waals surface area contributed by atoms with Gasteiger partial charge in [0.1, 0.15) is 0 Å². The third-order valence-electron chi connectivity index (χ3n) is 3.37. The Morgan fingerprint density at radius 3 is 3.07 bits per heavy atom. The Bertz CT molecular complexity index is 414. The van der Waals surface area contributed by atoms with Crippen molar-refractivity contribution in [3.05, 3.63) is 34.6 Å². The second kappa shape index (κ2) is 3.72. The van der Waals surface area contributed by atoms with Crippen molar-refractivity contribution in [1.29, 1.82) is 0 Å². The van der Waals surface area contributed by atoms with E-state index in [-0.39, 0.29) is 0 Å². The van der Waals surface area contributed by atoms with Gasteiger partial charge in [0.2, 0.25) is 0 Å². The summed E-state index contributed by atoms with van der Waals surface area (Å²) in [6.07, 6.45) is 7.43. The average Bonchev–Trinajstić information content (AvgIpc) is 2.76. The minimum atomic E-state index is 0.749. The number of fused-ring (bicyclic) bond motifs is 1. The van der Waals surface area contributed by atoms with Gasteiger partial charge in [-0.1, -0.05) is 6.08 Å². The van der Waals surface area contributed by atoms with Gasteiger partial charge in [-0.05, 0) is 57.9 Å². The Labute approximate surface area is 97.9 Å². The van der Waals surface area contributed by atoms with Gasteiger partial charge in [-0.3, -0.25) is 4.98 Å². The number of rotatable bonds is 1. The van der Waals surface area contributed by atoms with E-state index in [9.17, 15) is 0 Å². The molecule has 0 unspecified atom stereocenters. The molecule has 1 aromatic heterocycles. The summed E-state index contributed by atoms with van der Waals surface area (Å²) in [5, 5.41) is 3.44. The van der Waals surface area contributed by atoms with Crippen molar-refractivity contribution in [3.63, 3.8) is 0 Å². The Hall–Kier alpha value is -0.670. The molecule has 0 aromatic carbocycles. The van der Waals surface area contributed by atoms with E-state index in [4.69, 9.17) is 0 Å². The summed E-state index contributed by atoms with van der Waals surface area (Å²) in [6.45, 7) is 2.32. The normalized spacial score (nSPS) is 29.0. The third kappa shape index (κ3) is 1.74. The minimum absolute atomic E-state index is 0.749. The van der Waals surface area contributed by atoms with Crippen LogP contribution in [0.2, 0.25) is 0 Å². The fourth-order valence-electron chi connectivity index (χ4n) is 2.58. The molecule has 0 spiro atoms. The summed E-state index contributed by atoms with van der Waals surface area (Å²) in [6, 6.07) is 2.16. The van der Waals surface area contributed by atoms with Crippen LogP contribution in [0.15, 0.2) is 29.0 Å². The van der Waals surface area contributed by atoms with Crippen molar-refractivity contribution in [2.75, 3.05) is 13.1 Å².